The van der Waals surface area contributed by atoms with Gasteiger partial charge in [-0.25, -0.2) is 18.4 Å². The normalized spacial score (nSPS) is 19.8. The smallest absolute Gasteiger partial charge is 0.410 e. The predicted molar refractivity (Wildman–Crippen MR) is 205 cm³/mol. The Bertz CT molecular complexity index is 1780. The van der Waals surface area contributed by atoms with Crippen LogP contribution in [0.4, 0.5) is 29.7 Å². The van der Waals surface area contributed by atoms with Gasteiger partial charge >= 0.3 is 12.2 Å². The number of piperidine rings is 3. The molecule has 0 unspecified atom stereocenters. The van der Waals surface area contributed by atoms with Crippen LogP contribution in [0.5, 0.6) is 0 Å². The number of nitrogens with zero attached hydrogens (tertiary/aromatic N) is 4. The molecule has 0 radical (unpaired) electrons. The summed E-state index contributed by atoms with van der Waals surface area (Å²) < 4.78 is 38.9. The van der Waals surface area contributed by atoms with Crippen molar-refractivity contribution in [2.75, 3.05) is 36.0 Å². The van der Waals surface area contributed by atoms with Gasteiger partial charge in [0.25, 0.3) is 5.91 Å². The quantitative estimate of drug-likeness (QED) is 0.301. The maximum absolute atomic E-state index is 14.0. The highest BCUT2D eigenvalue weighted by atomic mass is 35.5. The van der Waals surface area contributed by atoms with E-state index in [4.69, 9.17) is 32.7 Å². The third-order valence-corrected chi connectivity index (χ3v) is 10.8. The van der Waals surface area contributed by atoms with Crippen molar-refractivity contribution < 1.29 is 37.4 Å². The molecule has 0 bridgehead atoms. The van der Waals surface area contributed by atoms with Gasteiger partial charge in [-0.3, -0.25) is 9.59 Å². The summed E-state index contributed by atoms with van der Waals surface area (Å²) in [5.41, 5.74) is -0.953. The van der Waals surface area contributed by atoms with Crippen LogP contribution in [0.15, 0.2) is 48.6 Å². The Morgan fingerprint density at radius 3 is 1.57 bits per heavy atom. The monoisotopic (exact) mass is 790 g/mol. The summed E-state index contributed by atoms with van der Waals surface area (Å²) in [5.74, 6) is -1.28. The number of hydrogen-bond donors (Lipinski definition) is 0. The summed E-state index contributed by atoms with van der Waals surface area (Å²) in [4.78, 5) is 56.8. The van der Waals surface area contributed by atoms with Gasteiger partial charge < -0.3 is 29.1 Å². The van der Waals surface area contributed by atoms with Crippen LogP contribution < -0.4 is 9.80 Å². The van der Waals surface area contributed by atoms with Crippen LogP contribution in [-0.4, -0.2) is 82.3 Å². The number of anilines is 2. The Balaban J connectivity index is 0.000000208. The van der Waals surface area contributed by atoms with Gasteiger partial charge in [0.05, 0.1) is 21.1 Å². The number of halogens is 4. The Morgan fingerprint density at radius 1 is 0.685 bits per heavy atom. The number of ether oxygens (including phenoxy) is 2. The van der Waals surface area contributed by atoms with Gasteiger partial charge in [0.1, 0.15) is 22.8 Å². The van der Waals surface area contributed by atoms with Crippen molar-refractivity contribution in [3.05, 3.63) is 70.2 Å². The average Bonchev–Trinajstić information content (AvgIpc) is 3.07. The molecule has 3 saturated heterocycles. The van der Waals surface area contributed by atoms with Gasteiger partial charge in [0, 0.05) is 44.0 Å². The van der Waals surface area contributed by atoms with Crippen molar-refractivity contribution in [3.8, 4) is 0 Å². The minimum Gasteiger partial charge on any atom is -0.444 e. The molecule has 0 atom stereocenters. The van der Waals surface area contributed by atoms with Gasteiger partial charge in [-0.05, 0) is 129 Å². The molecule has 4 aliphatic rings. The fraction of sp³-hybridized carbons (Fsp3) is 0.550. The van der Waals surface area contributed by atoms with E-state index >= 15 is 0 Å². The van der Waals surface area contributed by atoms with Crippen LogP contribution in [0.3, 0.4) is 0 Å². The van der Waals surface area contributed by atoms with E-state index in [1.165, 1.54) is 30.3 Å². The zero-order valence-electron chi connectivity index (χ0n) is 31.9. The number of benzene rings is 2. The zero-order chi connectivity index (χ0) is 39.6. The fourth-order valence-corrected chi connectivity index (χ4v) is 7.90. The van der Waals surface area contributed by atoms with Crippen LogP contribution in [0.2, 0.25) is 10.0 Å². The van der Waals surface area contributed by atoms with Gasteiger partial charge in [0.2, 0.25) is 5.91 Å². The third-order valence-electron chi connectivity index (χ3n) is 10.2. The predicted octanol–water partition coefficient (Wildman–Crippen LogP) is 9.31. The number of likely N-dealkylation sites (tertiary alicyclic amines) is 2. The topological polar surface area (TPSA) is 99.7 Å². The number of amides is 4. The number of rotatable bonds is 2. The molecule has 2 spiro atoms. The van der Waals surface area contributed by atoms with Gasteiger partial charge in [0.15, 0.2) is 0 Å². The highest BCUT2D eigenvalue weighted by molar-refractivity contribution is 6.31. The largest absolute Gasteiger partial charge is 0.444 e. The first kappa shape index (κ1) is 41.3. The van der Waals surface area contributed by atoms with Crippen LogP contribution in [-0.2, 0) is 19.1 Å². The molecule has 3 fully saturated rings. The van der Waals surface area contributed by atoms with Crippen molar-refractivity contribution in [1.29, 1.82) is 0 Å². The number of carbonyl (C=O) groups is 4. The number of carbonyl (C=O) groups excluding carboxylic acids is 4. The molecule has 0 N–H and O–H groups in total. The zero-order valence-corrected chi connectivity index (χ0v) is 33.4. The Labute approximate surface area is 326 Å². The van der Waals surface area contributed by atoms with Crippen LogP contribution in [0.25, 0.3) is 0 Å². The van der Waals surface area contributed by atoms with Crippen molar-refractivity contribution in [3.63, 3.8) is 0 Å². The van der Waals surface area contributed by atoms with Gasteiger partial charge in [-0.15, -0.1) is 0 Å². The van der Waals surface area contributed by atoms with Gasteiger partial charge in [-0.2, -0.15) is 0 Å². The SMILES string of the molecule is CC(C)(C)OC(=O)N1CCC2(CC=CC(=O)N2c2ccc(Cl)c(F)c2)CC1.CC(C)(C)OC(=O)N1CCC2(CCCC(=O)N2c2ccc(Cl)c(F)c2)CC1. The molecule has 14 heteroatoms. The highest BCUT2D eigenvalue weighted by Gasteiger charge is 2.47. The third kappa shape index (κ3) is 9.48. The Kier molecular flexibility index (Phi) is 12.3. The fourth-order valence-electron chi connectivity index (χ4n) is 7.67. The van der Waals surface area contributed by atoms with E-state index < -0.39 is 33.9 Å². The minimum atomic E-state index is -0.558. The highest BCUT2D eigenvalue weighted by Crippen LogP contribution is 2.42. The second kappa shape index (κ2) is 16.1. The second-order valence-electron chi connectivity index (χ2n) is 16.4. The van der Waals surface area contributed by atoms with Crippen molar-refractivity contribution in [2.45, 2.75) is 115 Å². The first-order chi connectivity index (χ1) is 25.2. The lowest BCUT2D eigenvalue weighted by molar-refractivity contribution is -0.122. The minimum absolute atomic E-state index is 0.00584. The van der Waals surface area contributed by atoms with E-state index in [0.29, 0.717) is 76.1 Å². The molecule has 4 amide bonds. The van der Waals surface area contributed by atoms with E-state index in [9.17, 15) is 28.0 Å². The van der Waals surface area contributed by atoms with E-state index in [-0.39, 0.29) is 34.0 Å². The molecule has 4 aliphatic heterocycles. The lowest BCUT2D eigenvalue weighted by Gasteiger charge is -2.51. The standard InChI is InChI=1S/C20H26ClFN2O3.C20H24ClFN2O3/c2*1-19(2,3)27-18(26)23-11-9-20(10-12-23)8-4-5-17(25)24(20)14-6-7-15(21)16(22)13-14/h6-7,13H,4-5,8-12H2,1-3H3;4-7,13H,8-12H2,1-3H3. The molecule has 2 aromatic carbocycles. The molecule has 4 heterocycles. The average molecular weight is 792 g/mol. The Morgan fingerprint density at radius 2 is 1.13 bits per heavy atom. The van der Waals surface area contributed by atoms with E-state index in [1.54, 1.807) is 31.7 Å². The molecule has 6 rings (SSSR count). The first-order valence-electron chi connectivity index (χ1n) is 18.4. The molecule has 294 valence electrons. The molecule has 0 aromatic heterocycles. The molecular formula is C40H50Cl2F2N4O6. The maximum atomic E-state index is 14.0. The van der Waals surface area contributed by atoms with Crippen LogP contribution >= 0.6 is 23.2 Å². The Hall–Kier alpha value is -3.90. The van der Waals surface area contributed by atoms with Crippen molar-refractivity contribution >= 4 is 58.6 Å². The summed E-state index contributed by atoms with van der Waals surface area (Å²) in [5, 5.41) is 0.0598. The molecule has 54 heavy (non-hydrogen) atoms. The molecule has 10 nitrogen and oxygen atoms in total. The lowest BCUT2D eigenvalue weighted by Crippen LogP contribution is -2.60. The summed E-state index contributed by atoms with van der Waals surface area (Å²) >= 11 is 11.6. The van der Waals surface area contributed by atoms with E-state index in [1.807, 2.05) is 47.6 Å². The maximum Gasteiger partial charge on any atom is 0.410 e. The summed E-state index contributed by atoms with van der Waals surface area (Å²) in [6, 6.07) is 8.91. The second-order valence-corrected chi connectivity index (χ2v) is 17.3. The van der Waals surface area contributed by atoms with E-state index in [2.05, 4.69) is 0 Å². The number of hydrogen-bond acceptors (Lipinski definition) is 6. The van der Waals surface area contributed by atoms with Crippen LogP contribution in [0.1, 0.15) is 92.9 Å². The van der Waals surface area contributed by atoms with Crippen molar-refractivity contribution in [2.24, 2.45) is 0 Å². The molecule has 2 aromatic rings. The van der Waals surface area contributed by atoms with E-state index in [0.717, 1.165) is 12.8 Å². The lowest BCUT2D eigenvalue weighted by atomic mass is 9.78. The summed E-state index contributed by atoms with van der Waals surface area (Å²) in [6.45, 7) is 13.0. The van der Waals surface area contributed by atoms with Gasteiger partial charge in [-0.1, -0.05) is 29.3 Å². The summed E-state index contributed by atoms with van der Waals surface area (Å²) in [7, 11) is 0. The van der Waals surface area contributed by atoms with Crippen LogP contribution in [0, 0.1) is 11.6 Å². The molecular weight excluding hydrogens is 741 g/mol. The first-order valence-corrected chi connectivity index (χ1v) is 19.2. The van der Waals surface area contributed by atoms with Crippen molar-refractivity contribution in [1.82, 2.24) is 9.80 Å². The summed E-state index contributed by atoms with van der Waals surface area (Å²) in [6.07, 6.45) is 7.90. The molecule has 0 aliphatic carbocycles. The molecule has 0 saturated carbocycles.